The van der Waals surface area contributed by atoms with Crippen LogP contribution in [0.1, 0.15) is 48.8 Å². The van der Waals surface area contributed by atoms with Crippen LogP contribution in [0.5, 0.6) is 0 Å². The number of allylic oxidation sites excluding steroid dienone is 2. The van der Waals surface area contributed by atoms with Gasteiger partial charge in [0, 0.05) is 35.5 Å². The molecule has 0 aliphatic carbocycles. The highest BCUT2D eigenvalue weighted by atomic mass is 35.5. The molecular weight excluding hydrogens is 454 g/mol. The lowest BCUT2D eigenvalue weighted by Crippen LogP contribution is -2.38. The standard InChI is InChI=1S/C26H30ClN3O2S/c1-2-3-13-24(33)21(15-19-11-7-8-12-22(19)27)25-29-17-20(30-25)16-28-23(26(31)32)14-18-9-5-4-6-10-18/h4-12,17,23,28,33H,2-3,13-16H2,1H3,(H,29,30)(H,31,32)/t23-/m0/s1. The number of hydrogen-bond donors (Lipinski definition) is 4. The van der Waals surface area contributed by atoms with Gasteiger partial charge in [0.2, 0.25) is 0 Å². The molecule has 7 heteroatoms. The van der Waals surface area contributed by atoms with Gasteiger partial charge in [-0.25, -0.2) is 4.98 Å². The molecule has 1 heterocycles. The average molecular weight is 484 g/mol. The molecule has 0 fully saturated rings. The van der Waals surface area contributed by atoms with E-state index in [1.54, 1.807) is 6.20 Å². The zero-order chi connectivity index (χ0) is 23.6. The summed E-state index contributed by atoms with van der Waals surface area (Å²) in [4.78, 5) is 20.7. The molecule has 33 heavy (non-hydrogen) atoms. The predicted molar refractivity (Wildman–Crippen MR) is 138 cm³/mol. The lowest BCUT2D eigenvalue weighted by Gasteiger charge is -2.14. The first-order valence-electron chi connectivity index (χ1n) is 11.2. The van der Waals surface area contributed by atoms with E-state index < -0.39 is 12.0 Å². The second-order valence-electron chi connectivity index (χ2n) is 8.02. The van der Waals surface area contributed by atoms with Gasteiger partial charge in [0.1, 0.15) is 11.9 Å². The van der Waals surface area contributed by atoms with Crippen molar-refractivity contribution in [1.29, 1.82) is 0 Å². The summed E-state index contributed by atoms with van der Waals surface area (Å²) in [6, 6.07) is 16.7. The fourth-order valence-electron chi connectivity index (χ4n) is 3.58. The van der Waals surface area contributed by atoms with E-state index in [2.05, 4.69) is 22.2 Å². The molecule has 0 aliphatic rings. The third kappa shape index (κ3) is 7.49. The van der Waals surface area contributed by atoms with Crippen molar-refractivity contribution >= 4 is 35.8 Å². The summed E-state index contributed by atoms with van der Waals surface area (Å²) in [5, 5.41) is 13.5. The molecule has 5 nitrogen and oxygen atoms in total. The normalized spacial score (nSPS) is 12.9. The van der Waals surface area contributed by atoms with Crippen LogP contribution in [0.15, 0.2) is 65.7 Å². The summed E-state index contributed by atoms with van der Waals surface area (Å²) in [5.74, 6) is -0.141. The molecule has 3 aromatic rings. The number of carboxylic acid groups (broad SMARTS) is 1. The van der Waals surface area contributed by atoms with Gasteiger partial charge in [-0.2, -0.15) is 0 Å². The van der Waals surface area contributed by atoms with Crippen LogP contribution in [0.2, 0.25) is 5.02 Å². The van der Waals surface area contributed by atoms with Crippen molar-refractivity contribution < 1.29 is 9.90 Å². The third-order valence-electron chi connectivity index (χ3n) is 5.47. The molecule has 0 saturated carbocycles. The minimum absolute atomic E-state index is 0.368. The van der Waals surface area contributed by atoms with Crippen LogP contribution in [0, 0.1) is 0 Å². The average Bonchev–Trinajstić information content (AvgIpc) is 3.28. The lowest BCUT2D eigenvalue weighted by molar-refractivity contribution is -0.139. The number of hydrogen-bond acceptors (Lipinski definition) is 4. The summed E-state index contributed by atoms with van der Waals surface area (Å²) in [7, 11) is 0. The van der Waals surface area contributed by atoms with E-state index >= 15 is 0 Å². The molecule has 0 bridgehead atoms. The highest BCUT2D eigenvalue weighted by Gasteiger charge is 2.18. The first kappa shape index (κ1) is 25.1. The molecule has 0 aliphatic heterocycles. The number of aromatic amines is 1. The van der Waals surface area contributed by atoms with E-state index in [1.807, 2.05) is 54.6 Å². The summed E-state index contributed by atoms with van der Waals surface area (Å²) < 4.78 is 0. The van der Waals surface area contributed by atoms with E-state index in [-0.39, 0.29) is 0 Å². The van der Waals surface area contributed by atoms with Gasteiger partial charge in [0.05, 0.1) is 0 Å². The highest BCUT2D eigenvalue weighted by Crippen LogP contribution is 2.29. The van der Waals surface area contributed by atoms with Gasteiger partial charge < -0.3 is 10.1 Å². The SMILES string of the molecule is CCCCC(S)=C(Cc1ccccc1Cl)c1ncc(CN[C@@H](Cc2ccccc2)C(=O)O)[nH]1. The van der Waals surface area contributed by atoms with Crippen LogP contribution in [-0.4, -0.2) is 27.1 Å². The number of imidazole rings is 1. The van der Waals surface area contributed by atoms with Crippen LogP contribution in [-0.2, 0) is 24.2 Å². The Balaban J connectivity index is 1.75. The number of nitrogens with zero attached hydrogens (tertiary/aromatic N) is 1. The molecule has 2 aromatic carbocycles. The topological polar surface area (TPSA) is 78.0 Å². The van der Waals surface area contributed by atoms with Gasteiger partial charge in [0.15, 0.2) is 0 Å². The number of rotatable bonds is 12. The number of carboxylic acids is 1. The Bertz CT molecular complexity index is 1080. The first-order chi connectivity index (χ1) is 16.0. The van der Waals surface area contributed by atoms with E-state index in [0.717, 1.165) is 52.4 Å². The quantitative estimate of drug-likeness (QED) is 0.241. The Morgan fingerprint density at radius 1 is 1.18 bits per heavy atom. The molecule has 0 amide bonds. The van der Waals surface area contributed by atoms with Crippen molar-refractivity contribution in [2.75, 3.05) is 0 Å². The molecule has 0 unspecified atom stereocenters. The van der Waals surface area contributed by atoms with Gasteiger partial charge >= 0.3 is 5.97 Å². The summed E-state index contributed by atoms with van der Waals surface area (Å²) >= 11 is 11.2. The number of carbonyl (C=O) groups is 1. The van der Waals surface area contributed by atoms with Crippen molar-refractivity contribution in [2.24, 2.45) is 0 Å². The number of benzene rings is 2. The van der Waals surface area contributed by atoms with Gasteiger partial charge in [0.25, 0.3) is 0 Å². The number of aromatic nitrogens is 2. The summed E-state index contributed by atoms with van der Waals surface area (Å²) in [6.45, 7) is 2.52. The minimum atomic E-state index is -0.880. The van der Waals surface area contributed by atoms with Crippen molar-refractivity contribution in [3.8, 4) is 0 Å². The van der Waals surface area contributed by atoms with Crippen LogP contribution in [0.3, 0.4) is 0 Å². The molecule has 0 saturated heterocycles. The predicted octanol–water partition coefficient (Wildman–Crippen LogP) is 5.92. The largest absolute Gasteiger partial charge is 0.480 e. The smallest absolute Gasteiger partial charge is 0.321 e. The summed E-state index contributed by atoms with van der Waals surface area (Å²) in [5.41, 5.74) is 3.81. The van der Waals surface area contributed by atoms with Gasteiger partial charge in [-0.05, 0) is 41.4 Å². The zero-order valence-electron chi connectivity index (χ0n) is 18.7. The van der Waals surface area contributed by atoms with E-state index in [9.17, 15) is 9.90 Å². The van der Waals surface area contributed by atoms with Crippen LogP contribution < -0.4 is 5.32 Å². The van der Waals surface area contributed by atoms with E-state index in [0.29, 0.717) is 24.4 Å². The molecule has 3 rings (SSSR count). The Kier molecular flexibility index (Phi) is 9.61. The Morgan fingerprint density at radius 3 is 2.61 bits per heavy atom. The maximum absolute atomic E-state index is 11.7. The third-order valence-corrected chi connectivity index (χ3v) is 6.34. The number of halogens is 1. The van der Waals surface area contributed by atoms with Crippen molar-refractivity contribution in [3.63, 3.8) is 0 Å². The molecule has 174 valence electrons. The number of H-pyrrole nitrogens is 1. The first-order valence-corrected chi connectivity index (χ1v) is 12.0. The zero-order valence-corrected chi connectivity index (χ0v) is 20.4. The van der Waals surface area contributed by atoms with Crippen LogP contribution >= 0.6 is 24.2 Å². The Hall–Kier alpha value is -2.54. The maximum atomic E-state index is 11.7. The monoisotopic (exact) mass is 483 g/mol. The Labute approximate surface area is 205 Å². The molecule has 0 radical (unpaired) electrons. The molecular formula is C26H30ClN3O2S. The summed E-state index contributed by atoms with van der Waals surface area (Å²) in [6.07, 6.45) is 5.76. The van der Waals surface area contributed by atoms with Crippen LogP contribution in [0.25, 0.3) is 5.57 Å². The number of unbranched alkanes of at least 4 members (excludes halogenated alkanes) is 1. The number of nitrogens with one attached hydrogen (secondary N) is 2. The van der Waals surface area contributed by atoms with E-state index in [4.69, 9.17) is 24.2 Å². The molecule has 1 atom stereocenters. The van der Waals surface area contributed by atoms with Gasteiger partial charge in [-0.3, -0.25) is 10.1 Å². The molecule has 1 aromatic heterocycles. The Morgan fingerprint density at radius 2 is 1.91 bits per heavy atom. The minimum Gasteiger partial charge on any atom is -0.480 e. The maximum Gasteiger partial charge on any atom is 0.321 e. The van der Waals surface area contributed by atoms with Crippen molar-refractivity contribution in [2.45, 2.75) is 51.6 Å². The highest BCUT2D eigenvalue weighted by molar-refractivity contribution is 7.84. The number of thiol groups is 1. The van der Waals surface area contributed by atoms with Crippen LogP contribution in [0.4, 0.5) is 0 Å². The molecule has 3 N–H and O–H groups in total. The molecule has 0 spiro atoms. The number of aliphatic carboxylic acids is 1. The van der Waals surface area contributed by atoms with E-state index in [1.165, 1.54) is 0 Å². The fraction of sp³-hybridized carbons (Fsp3) is 0.308. The lowest BCUT2D eigenvalue weighted by atomic mass is 10.0. The van der Waals surface area contributed by atoms with Gasteiger partial charge in [-0.1, -0.05) is 73.5 Å². The van der Waals surface area contributed by atoms with Crippen molar-refractivity contribution in [1.82, 2.24) is 15.3 Å². The van der Waals surface area contributed by atoms with Gasteiger partial charge in [-0.15, -0.1) is 12.6 Å². The van der Waals surface area contributed by atoms with Crippen molar-refractivity contribution in [3.05, 3.63) is 93.4 Å². The second kappa shape index (κ2) is 12.6. The second-order valence-corrected chi connectivity index (χ2v) is 8.96. The fourth-order valence-corrected chi connectivity index (χ4v) is 4.13.